The van der Waals surface area contributed by atoms with E-state index in [9.17, 15) is 24.5 Å². The summed E-state index contributed by atoms with van der Waals surface area (Å²) in [5.74, 6) is -1.65. The molecule has 0 atom stereocenters. The first kappa shape index (κ1) is 15.6. The number of carbonyl (C=O) groups excluding carboxylic acids is 3. The third-order valence-electron chi connectivity index (χ3n) is 3.17. The Morgan fingerprint density at radius 1 is 1.05 bits per heavy atom. The average molecular weight is 305 g/mol. The number of hydrogen-bond donors (Lipinski definition) is 0. The fourth-order valence-corrected chi connectivity index (χ4v) is 2.12. The summed E-state index contributed by atoms with van der Waals surface area (Å²) in [7, 11) is 0. The van der Waals surface area contributed by atoms with Crippen LogP contribution < -0.4 is 0 Å². The molecule has 1 aromatic rings. The van der Waals surface area contributed by atoms with Gasteiger partial charge in [0.2, 0.25) is 0 Å². The Kier molecular flexibility index (Phi) is 4.20. The van der Waals surface area contributed by atoms with Crippen LogP contribution in [0.5, 0.6) is 0 Å². The summed E-state index contributed by atoms with van der Waals surface area (Å²) in [4.78, 5) is 47.7. The lowest BCUT2D eigenvalue weighted by Crippen LogP contribution is -2.35. The van der Waals surface area contributed by atoms with E-state index >= 15 is 0 Å². The van der Waals surface area contributed by atoms with E-state index in [0.717, 1.165) is 9.80 Å². The molecule has 1 aliphatic rings. The van der Waals surface area contributed by atoms with Crippen molar-refractivity contribution in [1.82, 2.24) is 9.80 Å². The Morgan fingerprint density at radius 3 is 2.09 bits per heavy atom. The molecule has 4 amide bonds. The second kappa shape index (κ2) is 5.92. The second-order valence-electron chi connectivity index (χ2n) is 5.41. The van der Waals surface area contributed by atoms with Crippen molar-refractivity contribution in [2.75, 3.05) is 6.54 Å². The molecule has 2 rings (SSSR count). The number of carbonyl (C=O) groups is 3. The highest BCUT2D eigenvalue weighted by Gasteiger charge is 2.44. The van der Waals surface area contributed by atoms with Gasteiger partial charge in [-0.25, -0.2) is 4.79 Å². The van der Waals surface area contributed by atoms with Crippen LogP contribution in [0.25, 0.3) is 0 Å². The number of nitro benzene ring substituents is 1. The molecule has 0 saturated carbocycles. The van der Waals surface area contributed by atoms with Gasteiger partial charge >= 0.3 is 17.8 Å². The average Bonchev–Trinajstić information content (AvgIpc) is 2.65. The van der Waals surface area contributed by atoms with Gasteiger partial charge < -0.3 is 0 Å². The summed E-state index contributed by atoms with van der Waals surface area (Å²) in [6, 6.07) is 4.83. The van der Waals surface area contributed by atoms with Crippen LogP contribution in [-0.4, -0.2) is 39.1 Å². The number of imide groups is 2. The molecular weight excluding hydrogens is 290 g/mol. The Bertz CT molecular complexity index is 638. The van der Waals surface area contributed by atoms with Crippen molar-refractivity contribution in [1.29, 1.82) is 0 Å². The summed E-state index contributed by atoms with van der Waals surface area (Å²) < 4.78 is 0. The van der Waals surface area contributed by atoms with E-state index in [1.807, 2.05) is 13.8 Å². The van der Waals surface area contributed by atoms with Crippen molar-refractivity contribution in [3.63, 3.8) is 0 Å². The Morgan fingerprint density at radius 2 is 1.59 bits per heavy atom. The first-order chi connectivity index (χ1) is 10.3. The van der Waals surface area contributed by atoms with Gasteiger partial charge in [0.25, 0.3) is 5.69 Å². The van der Waals surface area contributed by atoms with Gasteiger partial charge in [0.05, 0.1) is 11.5 Å². The maximum absolute atomic E-state index is 12.1. The molecule has 0 bridgehead atoms. The lowest BCUT2D eigenvalue weighted by Gasteiger charge is -2.17. The van der Waals surface area contributed by atoms with Gasteiger partial charge in [0, 0.05) is 18.7 Å². The largest absolute Gasteiger partial charge is 0.334 e. The highest BCUT2D eigenvalue weighted by Crippen LogP contribution is 2.19. The predicted molar refractivity (Wildman–Crippen MR) is 75.6 cm³/mol. The number of benzene rings is 1. The first-order valence-corrected chi connectivity index (χ1v) is 6.72. The number of rotatable bonds is 5. The molecule has 1 heterocycles. The van der Waals surface area contributed by atoms with Crippen molar-refractivity contribution in [3.8, 4) is 0 Å². The first-order valence-electron chi connectivity index (χ1n) is 6.72. The quantitative estimate of drug-likeness (QED) is 0.355. The lowest BCUT2D eigenvalue weighted by atomic mass is 10.2. The Balaban J connectivity index is 2.15. The Labute approximate surface area is 126 Å². The van der Waals surface area contributed by atoms with E-state index in [2.05, 4.69) is 0 Å². The van der Waals surface area contributed by atoms with E-state index in [4.69, 9.17) is 0 Å². The molecule has 22 heavy (non-hydrogen) atoms. The van der Waals surface area contributed by atoms with Gasteiger partial charge in [-0.3, -0.25) is 29.5 Å². The summed E-state index contributed by atoms with van der Waals surface area (Å²) in [5, 5.41) is 10.6. The number of amides is 4. The number of urea groups is 1. The highest BCUT2D eigenvalue weighted by molar-refractivity contribution is 6.44. The van der Waals surface area contributed by atoms with Crippen LogP contribution in [-0.2, 0) is 16.1 Å². The van der Waals surface area contributed by atoms with Gasteiger partial charge in [-0.05, 0) is 11.5 Å². The minimum atomic E-state index is -0.871. The van der Waals surface area contributed by atoms with E-state index in [1.165, 1.54) is 24.3 Å². The third-order valence-corrected chi connectivity index (χ3v) is 3.17. The van der Waals surface area contributed by atoms with E-state index in [1.54, 1.807) is 0 Å². The van der Waals surface area contributed by atoms with Gasteiger partial charge in [-0.1, -0.05) is 26.0 Å². The Hall–Kier alpha value is -2.77. The molecule has 0 aliphatic carbocycles. The number of nitrogens with zero attached hydrogens (tertiary/aromatic N) is 3. The van der Waals surface area contributed by atoms with Crippen LogP contribution in [0.4, 0.5) is 10.5 Å². The van der Waals surface area contributed by atoms with Crippen LogP contribution in [0.2, 0.25) is 0 Å². The summed E-state index contributed by atoms with van der Waals surface area (Å²) in [5.41, 5.74) is 0.451. The van der Waals surface area contributed by atoms with Gasteiger partial charge in [-0.15, -0.1) is 0 Å². The van der Waals surface area contributed by atoms with E-state index in [-0.39, 0.29) is 24.7 Å². The smallest absolute Gasteiger partial charge is 0.263 e. The minimum absolute atomic E-state index is 0.0556. The standard InChI is InChI=1S/C14H15N3O5/c1-9(2)7-15-12(18)13(19)16(14(15)20)8-10-3-5-11(6-4-10)17(21)22/h3-6,9H,7-8H2,1-2H3. The molecule has 0 spiro atoms. The number of nitro groups is 1. The van der Waals surface area contributed by atoms with Crippen LogP contribution in [0.3, 0.4) is 0 Å². The highest BCUT2D eigenvalue weighted by atomic mass is 16.6. The van der Waals surface area contributed by atoms with Crippen molar-refractivity contribution >= 4 is 23.5 Å². The lowest BCUT2D eigenvalue weighted by molar-refractivity contribution is -0.384. The molecule has 1 aliphatic heterocycles. The zero-order chi connectivity index (χ0) is 16.4. The maximum Gasteiger partial charge on any atom is 0.334 e. The molecule has 116 valence electrons. The van der Waals surface area contributed by atoms with E-state index < -0.39 is 22.8 Å². The molecule has 1 fully saturated rings. The second-order valence-corrected chi connectivity index (χ2v) is 5.41. The van der Waals surface area contributed by atoms with Crippen molar-refractivity contribution in [3.05, 3.63) is 39.9 Å². The molecule has 0 radical (unpaired) electrons. The molecule has 0 aromatic heterocycles. The van der Waals surface area contributed by atoms with Crippen LogP contribution in [0.1, 0.15) is 19.4 Å². The molecule has 1 aromatic carbocycles. The van der Waals surface area contributed by atoms with Crippen molar-refractivity contribution in [2.24, 2.45) is 5.92 Å². The van der Waals surface area contributed by atoms with Crippen molar-refractivity contribution < 1.29 is 19.3 Å². The fraction of sp³-hybridized carbons (Fsp3) is 0.357. The molecule has 1 saturated heterocycles. The minimum Gasteiger partial charge on any atom is -0.263 e. The normalized spacial score (nSPS) is 15.1. The third kappa shape index (κ3) is 2.95. The van der Waals surface area contributed by atoms with Crippen LogP contribution >= 0.6 is 0 Å². The van der Waals surface area contributed by atoms with Crippen LogP contribution in [0, 0.1) is 16.0 Å². The molecule has 8 nitrogen and oxygen atoms in total. The van der Waals surface area contributed by atoms with Crippen molar-refractivity contribution in [2.45, 2.75) is 20.4 Å². The summed E-state index contributed by atoms with van der Waals surface area (Å²) >= 11 is 0. The summed E-state index contributed by atoms with van der Waals surface area (Å²) in [6.07, 6.45) is 0. The molecule has 8 heteroatoms. The number of non-ortho nitro benzene ring substituents is 1. The monoisotopic (exact) mass is 305 g/mol. The van der Waals surface area contributed by atoms with Gasteiger partial charge in [0.15, 0.2) is 0 Å². The van der Waals surface area contributed by atoms with Gasteiger partial charge in [-0.2, -0.15) is 0 Å². The van der Waals surface area contributed by atoms with Crippen LogP contribution in [0.15, 0.2) is 24.3 Å². The van der Waals surface area contributed by atoms with Gasteiger partial charge in [0.1, 0.15) is 0 Å². The zero-order valence-electron chi connectivity index (χ0n) is 12.2. The molecule has 0 unspecified atom stereocenters. The fourth-order valence-electron chi connectivity index (χ4n) is 2.12. The maximum atomic E-state index is 12.1. The molecule has 0 N–H and O–H groups in total. The topological polar surface area (TPSA) is 101 Å². The molecular formula is C14H15N3O5. The zero-order valence-corrected chi connectivity index (χ0v) is 12.2. The predicted octanol–water partition coefficient (Wildman–Crippen LogP) is 1.54. The van der Waals surface area contributed by atoms with E-state index in [0.29, 0.717) is 5.56 Å². The number of hydrogen-bond acceptors (Lipinski definition) is 5. The summed E-state index contributed by atoms with van der Waals surface area (Å²) in [6.45, 7) is 3.77. The SMILES string of the molecule is CC(C)CN1C(=O)C(=O)N(Cc2ccc([N+](=O)[O-])cc2)C1=O.